The van der Waals surface area contributed by atoms with E-state index in [1.807, 2.05) is 0 Å². The molecule has 0 spiro atoms. The zero-order valence-electron chi connectivity index (χ0n) is 10.7. The molecule has 0 aromatic rings. The lowest BCUT2D eigenvalue weighted by Gasteiger charge is -2.21. The lowest BCUT2D eigenvalue weighted by atomic mass is 10.0. The Bertz CT molecular complexity index is 370. The maximum absolute atomic E-state index is 11.0. The number of ether oxygens (including phenoxy) is 1. The number of aliphatic hydroxyl groups is 2. The molecule has 0 aliphatic rings. The molecular weight excluding hydrogens is 256 g/mol. The quantitative estimate of drug-likeness (QED) is 0.192. The van der Waals surface area contributed by atoms with Gasteiger partial charge in [-0.15, -0.1) is 0 Å². The van der Waals surface area contributed by atoms with Crippen molar-refractivity contribution in [3.8, 4) is 0 Å². The number of unbranched alkanes of at least 4 members (excludes halogenated alkanes) is 1. The van der Waals surface area contributed by atoms with E-state index in [9.17, 15) is 24.6 Å². The lowest BCUT2D eigenvalue weighted by Crippen LogP contribution is -2.29. The second-order valence-electron chi connectivity index (χ2n) is 4.24. The Morgan fingerprint density at radius 3 is 2.26 bits per heavy atom. The van der Waals surface area contributed by atoms with Crippen LogP contribution in [0, 0.1) is 0 Å². The predicted octanol–water partition coefficient (Wildman–Crippen LogP) is 0.348. The van der Waals surface area contributed by atoms with Crippen molar-refractivity contribution in [3.05, 3.63) is 12.2 Å². The van der Waals surface area contributed by atoms with Gasteiger partial charge in [-0.2, -0.15) is 0 Å². The molecule has 0 fully saturated rings. The Kier molecular flexibility index (Phi) is 6.95. The molecule has 0 aromatic heterocycles. The molecule has 7 nitrogen and oxygen atoms in total. The standard InChI is InChI=1S/C12H18O7/c1-8(11(15)16)7-12(17,18)6-4-3-5-10(14)19-9(2)13/h17-18H,1,3-7H2,2H3,(H,15,16). The maximum Gasteiger partial charge on any atom is 0.331 e. The van der Waals surface area contributed by atoms with Crippen molar-refractivity contribution in [1.82, 2.24) is 0 Å². The zero-order chi connectivity index (χ0) is 15.1. The summed E-state index contributed by atoms with van der Waals surface area (Å²) in [5.74, 6) is -4.83. The number of rotatable bonds is 8. The number of esters is 2. The number of carboxylic acids is 1. The molecule has 0 saturated carbocycles. The summed E-state index contributed by atoms with van der Waals surface area (Å²) in [5.41, 5.74) is -0.305. The first-order chi connectivity index (χ1) is 8.64. The topological polar surface area (TPSA) is 121 Å². The number of carbonyl (C=O) groups excluding carboxylic acids is 2. The predicted molar refractivity (Wildman–Crippen MR) is 63.8 cm³/mol. The molecule has 19 heavy (non-hydrogen) atoms. The molecule has 0 bridgehead atoms. The van der Waals surface area contributed by atoms with Gasteiger partial charge in [0.1, 0.15) is 0 Å². The minimum Gasteiger partial charge on any atom is -0.478 e. The Labute approximate surface area is 110 Å². The number of carboxylic acid groups (broad SMARTS) is 1. The fraction of sp³-hybridized carbons (Fsp3) is 0.583. The molecule has 0 rings (SSSR count). The van der Waals surface area contributed by atoms with Gasteiger partial charge < -0.3 is 20.1 Å². The minimum absolute atomic E-state index is 0.0183. The second-order valence-corrected chi connectivity index (χ2v) is 4.24. The SMILES string of the molecule is C=C(CC(O)(O)CCCCC(=O)OC(C)=O)C(=O)O. The van der Waals surface area contributed by atoms with Crippen molar-refractivity contribution in [3.63, 3.8) is 0 Å². The molecule has 0 aliphatic heterocycles. The van der Waals surface area contributed by atoms with Crippen LogP contribution in [0.1, 0.15) is 39.0 Å². The van der Waals surface area contributed by atoms with Crippen LogP contribution in [0.3, 0.4) is 0 Å². The first kappa shape index (κ1) is 17.3. The summed E-state index contributed by atoms with van der Waals surface area (Å²) < 4.78 is 4.28. The Morgan fingerprint density at radius 2 is 1.79 bits per heavy atom. The van der Waals surface area contributed by atoms with Crippen LogP contribution >= 0.6 is 0 Å². The third-order valence-electron chi connectivity index (χ3n) is 2.26. The van der Waals surface area contributed by atoms with E-state index in [2.05, 4.69) is 11.3 Å². The van der Waals surface area contributed by atoms with Gasteiger partial charge in [0.15, 0.2) is 5.79 Å². The molecule has 0 unspecified atom stereocenters. The molecule has 0 amide bonds. The summed E-state index contributed by atoms with van der Waals surface area (Å²) in [6.07, 6.45) is -0.0240. The maximum atomic E-state index is 11.0. The summed E-state index contributed by atoms with van der Waals surface area (Å²) in [6.45, 7) is 4.31. The van der Waals surface area contributed by atoms with Gasteiger partial charge >= 0.3 is 17.9 Å². The lowest BCUT2D eigenvalue weighted by molar-refractivity contribution is -0.169. The monoisotopic (exact) mass is 274 g/mol. The highest BCUT2D eigenvalue weighted by Gasteiger charge is 2.25. The average Bonchev–Trinajstić information content (AvgIpc) is 2.22. The van der Waals surface area contributed by atoms with Crippen LogP contribution < -0.4 is 0 Å². The first-order valence-corrected chi connectivity index (χ1v) is 5.71. The van der Waals surface area contributed by atoms with Crippen LogP contribution in [0.2, 0.25) is 0 Å². The van der Waals surface area contributed by atoms with Crippen LogP contribution in [-0.4, -0.2) is 39.0 Å². The Morgan fingerprint density at radius 1 is 1.21 bits per heavy atom. The third kappa shape index (κ3) is 8.92. The van der Waals surface area contributed by atoms with Crippen molar-refractivity contribution < 1.29 is 34.4 Å². The highest BCUT2D eigenvalue weighted by molar-refractivity contribution is 5.85. The molecule has 0 saturated heterocycles. The number of aliphatic carboxylic acids is 1. The van der Waals surface area contributed by atoms with E-state index in [-0.39, 0.29) is 24.8 Å². The molecule has 0 atom stereocenters. The van der Waals surface area contributed by atoms with Gasteiger partial charge in [-0.1, -0.05) is 6.58 Å². The largest absolute Gasteiger partial charge is 0.478 e. The zero-order valence-corrected chi connectivity index (χ0v) is 10.7. The molecular formula is C12H18O7. The van der Waals surface area contributed by atoms with Crippen LogP contribution in [-0.2, 0) is 19.1 Å². The van der Waals surface area contributed by atoms with Gasteiger partial charge in [0.2, 0.25) is 0 Å². The molecule has 0 aliphatic carbocycles. The summed E-state index contributed by atoms with van der Waals surface area (Å²) in [6, 6.07) is 0. The molecule has 7 heteroatoms. The van der Waals surface area contributed by atoms with Gasteiger partial charge in [-0.25, -0.2) is 4.79 Å². The normalized spacial score (nSPS) is 10.9. The second kappa shape index (κ2) is 7.65. The number of hydrogen-bond acceptors (Lipinski definition) is 6. The van der Waals surface area contributed by atoms with Crippen molar-refractivity contribution in [2.24, 2.45) is 0 Å². The van der Waals surface area contributed by atoms with E-state index >= 15 is 0 Å². The minimum atomic E-state index is -2.17. The smallest absolute Gasteiger partial charge is 0.331 e. The average molecular weight is 274 g/mol. The fourth-order valence-corrected chi connectivity index (χ4v) is 1.39. The van der Waals surface area contributed by atoms with E-state index in [1.54, 1.807) is 0 Å². The highest BCUT2D eigenvalue weighted by Crippen LogP contribution is 2.20. The van der Waals surface area contributed by atoms with Crippen molar-refractivity contribution in [2.75, 3.05) is 0 Å². The van der Waals surface area contributed by atoms with Gasteiger partial charge in [0.05, 0.1) is 0 Å². The van der Waals surface area contributed by atoms with Crippen LogP contribution in [0.5, 0.6) is 0 Å². The first-order valence-electron chi connectivity index (χ1n) is 5.71. The summed E-state index contributed by atoms with van der Waals surface area (Å²) in [5, 5.41) is 27.6. The van der Waals surface area contributed by atoms with E-state index < -0.39 is 30.1 Å². The van der Waals surface area contributed by atoms with Crippen LogP contribution in [0.4, 0.5) is 0 Å². The van der Waals surface area contributed by atoms with Gasteiger partial charge in [-0.3, -0.25) is 9.59 Å². The highest BCUT2D eigenvalue weighted by atomic mass is 16.6. The van der Waals surface area contributed by atoms with E-state index in [0.29, 0.717) is 6.42 Å². The van der Waals surface area contributed by atoms with E-state index in [0.717, 1.165) is 6.92 Å². The Hall–Kier alpha value is -1.73. The molecule has 0 heterocycles. The van der Waals surface area contributed by atoms with Crippen molar-refractivity contribution >= 4 is 17.9 Å². The van der Waals surface area contributed by atoms with Gasteiger partial charge in [0, 0.05) is 31.8 Å². The van der Waals surface area contributed by atoms with Crippen LogP contribution in [0.25, 0.3) is 0 Å². The number of hydrogen-bond donors (Lipinski definition) is 3. The van der Waals surface area contributed by atoms with E-state index in [1.165, 1.54) is 0 Å². The molecule has 3 N–H and O–H groups in total. The summed E-state index contributed by atoms with van der Waals surface area (Å²) in [7, 11) is 0. The van der Waals surface area contributed by atoms with Crippen LogP contribution in [0.15, 0.2) is 12.2 Å². The molecule has 108 valence electrons. The van der Waals surface area contributed by atoms with Crippen molar-refractivity contribution in [2.45, 2.75) is 44.8 Å². The third-order valence-corrected chi connectivity index (χ3v) is 2.26. The van der Waals surface area contributed by atoms with Crippen molar-refractivity contribution in [1.29, 1.82) is 0 Å². The molecule has 0 radical (unpaired) electrons. The van der Waals surface area contributed by atoms with E-state index in [4.69, 9.17) is 5.11 Å². The summed E-state index contributed by atoms with van der Waals surface area (Å²) >= 11 is 0. The van der Waals surface area contributed by atoms with Gasteiger partial charge in [-0.05, 0) is 12.8 Å². The molecule has 0 aromatic carbocycles. The Balaban J connectivity index is 3.93. The fourth-order valence-electron chi connectivity index (χ4n) is 1.39. The number of carbonyl (C=O) groups is 3. The van der Waals surface area contributed by atoms with Gasteiger partial charge in [0.25, 0.3) is 0 Å². The summed E-state index contributed by atoms with van der Waals surface area (Å²) in [4.78, 5) is 31.9.